The first-order chi connectivity index (χ1) is 17.0. The van der Waals surface area contributed by atoms with Gasteiger partial charge in [-0.2, -0.15) is 0 Å². The maximum atomic E-state index is 12.6. The largest absolute Gasteiger partial charge is 0.497 e. The Labute approximate surface area is 204 Å². The van der Waals surface area contributed by atoms with Crippen LogP contribution in [-0.4, -0.2) is 32.2 Å². The Bertz CT molecular complexity index is 1390. The maximum absolute atomic E-state index is 12.6. The lowest BCUT2D eigenvalue weighted by molar-refractivity contribution is -0.116. The normalized spacial score (nSPS) is 11.4. The molecule has 0 fully saturated rings. The van der Waals surface area contributed by atoms with Gasteiger partial charge in [0.2, 0.25) is 5.91 Å². The molecule has 35 heavy (non-hydrogen) atoms. The summed E-state index contributed by atoms with van der Waals surface area (Å²) in [7, 11) is 4.87. The van der Waals surface area contributed by atoms with Gasteiger partial charge < -0.3 is 23.9 Å². The number of carbonyl (C=O) groups is 1. The lowest BCUT2D eigenvalue weighted by Crippen LogP contribution is -2.20. The molecule has 1 amide bonds. The molecular weight excluding hydrogens is 444 g/mol. The first kappa shape index (κ1) is 23.9. The maximum Gasteiger partial charge on any atom is 0.244 e. The number of rotatable bonds is 8. The summed E-state index contributed by atoms with van der Waals surface area (Å²) in [5, 5.41) is 3.80. The number of carbonyl (C=O) groups excluding carboxylic acids is 1. The first-order valence-electron chi connectivity index (χ1n) is 11.1. The Morgan fingerprint density at radius 1 is 1.03 bits per heavy atom. The molecular formula is C28H28N2O5. The Morgan fingerprint density at radius 2 is 1.80 bits per heavy atom. The first-order valence-corrected chi connectivity index (χ1v) is 11.1. The van der Waals surface area contributed by atoms with Gasteiger partial charge in [0.15, 0.2) is 0 Å². The third-order valence-corrected chi connectivity index (χ3v) is 5.93. The van der Waals surface area contributed by atoms with E-state index in [1.807, 2.05) is 50.2 Å². The van der Waals surface area contributed by atoms with E-state index in [9.17, 15) is 4.79 Å². The van der Waals surface area contributed by atoms with E-state index in [1.54, 1.807) is 46.1 Å². The van der Waals surface area contributed by atoms with Crippen molar-refractivity contribution in [1.82, 2.24) is 10.3 Å². The van der Waals surface area contributed by atoms with Crippen molar-refractivity contribution in [2.45, 2.75) is 20.4 Å². The van der Waals surface area contributed by atoms with Gasteiger partial charge in [0.25, 0.3) is 0 Å². The van der Waals surface area contributed by atoms with Crippen LogP contribution in [0.15, 0.2) is 65.5 Å². The van der Waals surface area contributed by atoms with Crippen LogP contribution in [0.5, 0.6) is 17.2 Å². The monoisotopic (exact) mass is 472 g/mol. The van der Waals surface area contributed by atoms with E-state index in [4.69, 9.17) is 18.6 Å². The lowest BCUT2D eigenvalue weighted by Gasteiger charge is -2.14. The fourth-order valence-corrected chi connectivity index (χ4v) is 4.12. The minimum Gasteiger partial charge on any atom is -0.497 e. The van der Waals surface area contributed by atoms with Crippen LogP contribution in [0.25, 0.3) is 27.7 Å². The van der Waals surface area contributed by atoms with Crippen LogP contribution in [0.2, 0.25) is 0 Å². The molecule has 180 valence electrons. The number of nitrogens with zero attached hydrogens (tertiary/aromatic N) is 1. The van der Waals surface area contributed by atoms with E-state index in [-0.39, 0.29) is 5.91 Å². The van der Waals surface area contributed by atoms with Crippen LogP contribution in [0, 0.1) is 6.92 Å². The third kappa shape index (κ3) is 4.84. The highest BCUT2D eigenvalue weighted by Gasteiger charge is 2.20. The van der Waals surface area contributed by atoms with Gasteiger partial charge in [0.1, 0.15) is 22.8 Å². The molecule has 0 unspecified atom stereocenters. The Hall–Kier alpha value is -4.26. The van der Waals surface area contributed by atoms with Crippen molar-refractivity contribution in [2.24, 2.45) is 0 Å². The molecule has 1 N–H and O–H groups in total. The predicted molar refractivity (Wildman–Crippen MR) is 136 cm³/mol. The molecule has 0 aliphatic heterocycles. The van der Waals surface area contributed by atoms with Gasteiger partial charge in [-0.05, 0) is 61.4 Å². The van der Waals surface area contributed by atoms with Crippen molar-refractivity contribution in [2.75, 3.05) is 21.3 Å². The van der Waals surface area contributed by atoms with Crippen LogP contribution >= 0.6 is 0 Å². The molecule has 0 aliphatic carbocycles. The molecule has 0 aliphatic rings. The summed E-state index contributed by atoms with van der Waals surface area (Å²) in [4.78, 5) is 16.6. The summed E-state index contributed by atoms with van der Waals surface area (Å²) in [6, 6.07) is 11.3. The molecule has 0 saturated carbocycles. The molecule has 7 nitrogen and oxygen atoms in total. The number of ether oxygens (including phenoxy) is 3. The number of aromatic nitrogens is 1. The number of pyridine rings is 1. The minimum atomic E-state index is -0.194. The second-order valence-electron chi connectivity index (χ2n) is 8.08. The van der Waals surface area contributed by atoms with Crippen molar-refractivity contribution >= 4 is 22.4 Å². The Balaban J connectivity index is 1.76. The van der Waals surface area contributed by atoms with Gasteiger partial charge in [-0.1, -0.05) is 0 Å². The SMILES string of the molecule is COc1ccc(OC)c(-c2coc3c(C)c(OC)c(/C(C)=C/C(=O)NCc4ccncc4)cc23)c1. The molecule has 4 aromatic rings. The molecule has 2 heterocycles. The molecule has 2 aromatic heterocycles. The van der Waals surface area contributed by atoms with E-state index >= 15 is 0 Å². The summed E-state index contributed by atoms with van der Waals surface area (Å²) in [5.41, 5.74) is 5.81. The smallest absolute Gasteiger partial charge is 0.244 e. The van der Waals surface area contributed by atoms with Crippen molar-refractivity contribution < 1.29 is 23.4 Å². The van der Waals surface area contributed by atoms with Crippen LogP contribution in [0.4, 0.5) is 0 Å². The van der Waals surface area contributed by atoms with Crippen LogP contribution in [0.1, 0.15) is 23.6 Å². The molecule has 7 heteroatoms. The molecule has 0 spiro atoms. The summed E-state index contributed by atoms with van der Waals surface area (Å²) in [6.07, 6.45) is 6.69. The number of amides is 1. The number of benzene rings is 2. The Kier molecular flexibility index (Phi) is 7.06. The number of aryl methyl sites for hydroxylation is 1. The predicted octanol–water partition coefficient (Wildman–Crippen LogP) is 5.55. The number of nitrogens with one attached hydrogen (secondary N) is 1. The highest BCUT2D eigenvalue weighted by molar-refractivity contribution is 6.02. The number of allylic oxidation sites excluding steroid dienone is 1. The average molecular weight is 473 g/mol. The quantitative estimate of drug-likeness (QED) is 0.339. The molecule has 0 radical (unpaired) electrons. The van der Waals surface area contributed by atoms with E-state index in [2.05, 4.69) is 10.3 Å². The number of hydrogen-bond donors (Lipinski definition) is 1. The van der Waals surface area contributed by atoms with Gasteiger partial charge in [0.05, 0.1) is 27.6 Å². The highest BCUT2D eigenvalue weighted by Crippen LogP contribution is 2.43. The number of fused-ring (bicyclic) bond motifs is 1. The van der Waals surface area contributed by atoms with Crippen molar-refractivity contribution in [1.29, 1.82) is 0 Å². The summed E-state index contributed by atoms with van der Waals surface area (Å²) in [6.45, 7) is 4.25. The Morgan fingerprint density at radius 3 is 2.49 bits per heavy atom. The molecule has 0 saturated heterocycles. The molecule has 4 rings (SSSR count). The van der Waals surface area contributed by atoms with Gasteiger partial charge >= 0.3 is 0 Å². The summed E-state index contributed by atoms with van der Waals surface area (Å²) >= 11 is 0. The highest BCUT2D eigenvalue weighted by atomic mass is 16.5. The molecule has 0 bridgehead atoms. The van der Waals surface area contributed by atoms with Gasteiger partial charge in [-0.15, -0.1) is 0 Å². The summed E-state index contributed by atoms with van der Waals surface area (Å²) in [5.74, 6) is 1.88. The van der Waals surface area contributed by atoms with Crippen LogP contribution in [0.3, 0.4) is 0 Å². The third-order valence-electron chi connectivity index (χ3n) is 5.93. The zero-order chi connectivity index (χ0) is 24.9. The van der Waals surface area contributed by atoms with Crippen LogP contribution < -0.4 is 19.5 Å². The second kappa shape index (κ2) is 10.3. The molecule has 2 aromatic carbocycles. The second-order valence-corrected chi connectivity index (χ2v) is 8.08. The van der Waals surface area contributed by atoms with Crippen molar-refractivity contribution in [3.8, 4) is 28.4 Å². The standard InChI is InChI=1S/C28H28N2O5/c1-17(12-26(31)30-15-19-8-10-29-11-9-19)21-14-23-24(16-35-28(23)18(2)27(21)34-5)22-13-20(32-3)6-7-25(22)33-4/h6-14,16H,15H2,1-5H3,(H,30,31)/b17-12+. The van der Waals surface area contributed by atoms with Crippen molar-refractivity contribution in [3.63, 3.8) is 0 Å². The number of methoxy groups -OCH3 is 3. The fraction of sp³-hybridized carbons (Fsp3) is 0.214. The van der Waals surface area contributed by atoms with Gasteiger partial charge in [-0.3, -0.25) is 9.78 Å². The number of furan rings is 1. The average Bonchev–Trinajstić information content (AvgIpc) is 3.31. The fourth-order valence-electron chi connectivity index (χ4n) is 4.12. The zero-order valence-electron chi connectivity index (χ0n) is 20.5. The zero-order valence-corrected chi connectivity index (χ0v) is 20.5. The van der Waals surface area contributed by atoms with E-state index in [0.29, 0.717) is 29.4 Å². The van der Waals surface area contributed by atoms with E-state index < -0.39 is 0 Å². The minimum absolute atomic E-state index is 0.194. The topological polar surface area (TPSA) is 82.8 Å². The number of hydrogen-bond acceptors (Lipinski definition) is 6. The van der Waals surface area contributed by atoms with E-state index in [0.717, 1.165) is 38.8 Å². The van der Waals surface area contributed by atoms with Crippen LogP contribution in [-0.2, 0) is 11.3 Å². The van der Waals surface area contributed by atoms with E-state index in [1.165, 1.54) is 0 Å². The van der Waals surface area contributed by atoms with Gasteiger partial charge in [-0.25, -0.2) is 0 Å². The summed E-state index contributed by atoms with van der Waals surface area (Å²) < 4.78 is 22.7. The van der Waals surface area contributed by atoms with Gasteiger partial charge in [0, 0.05) is 52.7 Å². The lowest BCUT2D eigenvalue weighted by atomic mass is 9.96. The van der Waals surface area contributed by atoms with Crippen molar-refractivity contribution in [3.05, 3.63) is 77.8 Å². The molecule has 0 atom stereocenters.